The third-order valence-corrected chi connectivity index (χ3v) is 0.424. The van der Waals surface area contributed by atoms with Gasteiger partial charge in [0.2, 0.25) is 0 Å². The molecular formula is C11H18O4. The third kappa shape index (κ3) is 139. The van der Waals surface area contributed by atoms with Crippen molar-refractivity contribution in [3.63, 3.8) is 0 Å². The quantitative estimate of drug-likeness (QED) is 0.332. The highest BCUT2D eigenvalue weighted by Gasteiger charge is 1.79. The number of carboxylic acids is 1. The second-order valence-electron chi connectivity index (χ2n) is 1.32. The molecule has 0 aromatic heterocycles. The van der Waals surface area contributed by atoms with Gasteiger partial charge in [-0.3, -0.25) is 4.79 Å². The van der Waals surface area contributed by atoms with Crippen LogP contribution in [-0.2, 0) is 14.3 Å². The number of hydrogen-bond donors (Lipinski definition) is 1. The first-order chi connectivity index (χ1) is 7.04. The van der Waals surface area contributed by atoms with Gasteiger partial charge in [0, 0.05) is 13.0 Å². The fourth-order valence-corrected chi connectivity index (χ4v) is 0.117. The van der Waals surface area contributed by atoms with Crippen molar-refractivity contribution >= 4 is 11.9 Å². The largest absolute Gasteiger partial charge is 0.478 e. The highest BCUT2D eigenvalue weighted by Crippen LogP contribution is 1.70. The van der Waals surface area contributed by atoms with Crippen LogP contribution < -0.4 is 0 Å². The summed E-state index contributed by atoms with van der Waals surface area (Å²) in [5.41, 5.74) is 0. The topological polar surface area (TPSA) is 63.6 Å². The molecule has 0 spiro atoms. The summed E-state index contributed by atoms with van der Waals surface area (Å²) >= 11 is 0. The van der Waals surface area contributed by atoms with E-state index in [0.717, 1.165) is 12.3 Å². The molecule has 0 atom stereocenters. The van der Waals surface area contributed by atoms with E-state index < -0.39 is 5.97 Å². The number of carboxylic acid groups (broad SMARTS) is 1. The molecule has 0 heterocycles. The lowest BCUT2D eigenvalue weighted by Gasteiger charge is -1.83. The fraction of sp³-hybridized carbons (Fsp3) is 0.0909. The monoisotopic (exact) mass is 214 g/mol. The van der Waals surface area contributed by atoms with Crippen molar-refractivity contribution in [3.8, 4) is 0 Å². The van der Waals surface area contributed by atoms with Gasteiger partial charge in [0.25, 0.3) is 0 Å². The summed E-state index contributed by atoms with van der Waals surface area (Å²) in [6, 6.07) is 0. The van der Waals surface area contributed by atoms with Crippen molar-refractivity contribution in [2.45, 2.75) is 6.92 Å². The van der Waals surface area contributed by atoms with Crippen molar-refractivity contribution in [3.05, 3.63) is 51.8 Å². The van der Waals surface area contributed by atoms with Crippen LogP contribution >= 0.6 is 0 Å². The van der Waals surface area contributed by atoms with E-state index in [0.29, 0.717) is 0 Å². The maximum Gasteiger partial charge on any atom is 0.327 e. The maximum atomic E-state index is 9.75. The first-order valence-corrected chi connectivity index (χ1v) is 3.68. The maximum absolute atomic E-state index is 9.75. The first kappa shape index (κ1) is 23.1. The number of carbonyl (C=O) groups is 2. The third-order valence-electron chi connectivity index (χ3n) is 0.424. The lowest BCUT2D eigenvalue weighted by Crippen LogP contribution is -1.87. The normalized spacial score (nSPS) is 5.40. The Balaban J connectivity index is -0.0000000610. The Kier molecular flexibility index (Phi) is 45.7. The number of esters is 1. The van der Waals surface area contributed by atoms with Crippen molar-refractivity contribution in [2.75, 3.05) is 0 Å². The average Bonchev–Trinajstić information content (AvgIpc) is 2.24. The Morgan fingerprint density at radius 2 is 1.40 bits per heavy atom. The molecule has 0 saturated carbocycles. The molecule has 0 aliphatic rings. The number of hydrogen-bond acceptors (Lipinski definition) is 3. The van der Waals surface area contributed by atoms with Gasteiger partial charge in [-0.1, -0.05) is 13.2 Å². The van der Waals surface area contributed by atoms with Crippen LogP contribution in [0.1, 0.15) is 6.92 Å². The van der Waals surface area contributed by atoms with Gasteiger partial charge in [-0.2, -0.15) is 0 Å². The number of aliphatic carboxylic acids is 1. The minimum Gasteiger partial charge on any atom is -0.478 e. The van der Waals surface area contributed by atoms with Crippen LogP contribution in [0.4, 0.5) is 0 Å². The van der Waals surface area contributed by atoms with Crippen LogP contribution in [0.3, 0.4) is 0 Å². The van der Waals surface area contributed by atoms with Crippen LogP contribution in [0.2, 0.25) is 0 Å². The van der Waals surface area contributed by atoms with E-state index in [1.54, 1.807) is 0 Å². The van der Waals surface area contributed by atoms with Crippen molar-refractivity contribution in [1.82, 2.24) is 0 Å². The van der Waals surface area contributed by atoms with Crippen LogP contribution in [0.5, 0.6) is 0 Å². The summed E-state index contributed by atoms with van der Waals surface area (Å²) in [6.45, 7) is 19.4. The standard InChI is InChI=1S/C4H6O2.C3H4O2.2C2H4/c1-3-6-4(2)5;1-2-3(4)5;2*1-2/h3H,1H2,2H3;2H,1H2,(H,4,5);2*1-2H2. The molecule has 0 saturated heterocycles. The molecule has 0 radical (unpaired) electrons. The van der Waals surface area contributed by atoms with Gasteiger partial charge < -0.3 is 9.84 Å². The highest BCUT2D eigenvalue weighted by atomic mass is 16.5. The minimum absolute atomic E-state index is 0.329. The Labute approximate surface area is 90.9 Å². The Hall–Kier alpha value is -2.10. The molecule has 86 valence electrons. The Morgan fingerprint density at radius 1 is 1.13 bits per heavy atom. The molecule has 0 amide bonds. The van der Waals surface area contributed by atoms with E-state index in [9.17, 15) is 9.59 Å². The van der Waals surface area contributed by atoms with E-state index in [-0.39, 0.29) is 5.97 Å². The van der Waals surface area contributed by atoms with Crippen LogP contribution in [0.15, 0.2) is 51.8 Å². The van der Waals surface area contributed by atoms with Gasteiger partial charge in [-0.05, 0) is 0 Å². The molecule has 1 N–H and O–H groups in total. The molecule has 4 heteroatoms. The molecule has 4 nitrogen and oxygen atoms in total. The lowest BCUT2D eigenvalue weighted by molar-refractivity contribution is -0.135. The Bertz CT molecular complexity index is 183. The average molecular weight is 214 g/mol. The SMILES string of the molecule is C=C.C=C.C=CC(=O)O.C=COC(C)=O. The highest BCUT2D eigenvalue weighted by molar-refractivity contribution is 5.78. The van der Waals surface area contributed by atoms with Gasteiger partial charge in [-0.15, -0.1) is 26.3 Å². The van der Waals surface area contributed by atoms with Gasteiger partial charge in [0.1, 0.15) is 0 Å². The minimum atomic E-state index is -0.981. The van der Waals surface area contributed by atoms with E-state index in [4.69, 9.17) is 5.11 Å². The molecule has 15 heavy (non-hydrogen) atoms. The molecule has 0 fully saturated rings. The zero-order valence-electron chi connectivity index (χ0n) is 9.07. The predicted octanol–water partition coefficient (Wildman–Crippen LogP) is 2.55. The zero-order chi connectivity index (χ0) is 13.3. The van der Waals surface area contributed by atoms with Gasteiger partial charge in [0.05, 0.1) is 6.26 Å². The van der Waals surface area contributed by atoms with Gasteiger partial charge >= 0.3 is 11.9 Å². The fourth-order valence-electron chi connectivity index (χ4n) is 0.117. The van der Waals surface area contributed by atoms with Crippen LogP contribution in [0, 0.1) is 0 Å². The van der Waals surface area contributed by atoms with E-state index in [2.05, 4.69) is 44.2 Å². The number of rotatable bonds is 2. The smallest absolute Gasteiger partial charge is 0.327 e. The zero-order valence-corrected chi connectivity index (χ0v) is 9.07. The lowest BCUT2D eigenvalue weighted by atomic mass is 10.7. The van der Waals surface area contributed by atoms with Crippen molar-refractivity contribution in [1.29, 1.82) is 0 Å². The number of ether oxygens (including phenoxy) is 1. The molecule has 0 unspecified atom stereocenters. The second kappa shape index (κ2) is 29.7. The Morgan fingerprint density at radius 3 is 1.40 bits per heavy atom. The molecular weight excluding hydrogens is 196 g/mol. The summed E-state index contributed by atoms with van der Waals surface area (Å²) in [6.07, 6.45) is 1.93. The predicted molar refractivity (Wildman–Crippen MR) is 62.3 cm³/mol. The first-order valence-electron chi connectivity index (χ1n) is 3.68. The number of carbonyl (C=O) groups excluding carboxylic acids is 1. The van der Waals surface area contributed by atoms with Crippen molar-refractivity contribution < 1.29 is 19.4 Å². The van der Waals surface area contributed by atoms with Crippen LogP contribution in [-0.4, -0.2) is 17.0 Å². The molecule has 0 bridgehead atoms. The molecule has 0 aromatic carbocycles. The summed E-state index contributed by atoms with van der Waals surface area (Å²) in [5, 5.41) is 7.60. The molecule has 0 aliphatic heterocycles. The van der Waals surface area contributed by atoms with E-state index in [1.165, 1.54) is 6.92 Å². The van der Waals surface area contributed by atoms with Gasteiger partial charge in [0.15, 0.2) is 0 Å². The van der Waals surface area contributed by atoms with Crippen molar-refractivity contribution in [2.24, 2.45) is 0 Å². The summed E-state index contributed by atoms with van der Waals surface area (Å²) in [7, 11) is 0. The molecule has 0 rings (SSSR count). The van der Waals surface area contributed by atoms with Crippen LogP contribution in [0.25, 0.3) is 0 Å². The second-order valence-corrected chi connectivity index (χ2v) is 1.32. The summed E-state index contributed by atoms with van der Waals surface area (Å²) < 4.78 is 4.17. The van der Waals surface area contributed by atoms with E-state index in [1.807, 2.05) is 0 Å². The van der Waals surface area contributed by atoms with E-state index >= 15 is 0 Å². The van der Waals surface area contributed by atoms with Gasteiger partial charge in [-0.25, -0.2) is 4.79 Å². The molecule has 0 aliphatic carbocycles. The molecule has 0 aromatic rings. The summed E-state index contributed by atoms with van der Waals surface area (Å²) in [5.74, 6) is -1.31. The summed E-state index contributed by atoms with van der Waals surface area (Å²) in [4.78, 5) is 19.0.